The van der Waals surface area contributed by atoms with Gasteiger partial charge in [-0.25, -0.2) is 0 Å². The van der Waals surface area contributed by atoms with Crippen molar-refractivity contribution in [3.8, 4) is 16.9 Å². The SMILES string of the molecule is COc1cncc(-c2cccc(C(=O)N3CCC(c4ccncc4)CC3)c2)c1. The van der Waals surface area contributed by atoms with E-state index in [9.17, 15) is 4.79 Å². The largest absolute Gasteiger partial charge is 0.495 e. The van der Waals surface area contributed by atoms with Crippen LogP contribution in [-0.2, 0) is 0 Å². The lowest BCUT2D eigenvalue weighted by Gasteiger charge is -2.32. The number of methoxy groups -OCH3 is 1. The van der Waals surface area contributed by atoms with E-state index in [1.165, 1.54) is 5.56 Å². The summed E-state index contributed by atoms with van der Waals surface area (Å²) in [6.07, 6.45) is 9.10. The number of carbonyl (C=O) groups excluding carboxylic acids is 1. The van der Waals surface area contributed by atoms with Gasteiger partial charge in [-0.3, -0.25) is 14.8 Å². The van der Waals surface area contributed by atoms with Crippen LogP contribution in [0.25, 0.3) is 11.1 Å². The van der Waals surface area contributed by atoms with Gasteiger partial charge in [-0.15, -0.1) is 0 Å². The zero-order valence-electron chi connectivity index (χ0n) is 15.9. The fraction of sp³-hybridized carbons (Fsp3) is 0.261. The van der Waals surface area contributed by atoms with Gasteiger partial charge in [0.25, 0.3) is 5.91 Å². The van der Waals surface area contributed by atoms with Crippen molar-refractivity contribution < 1.29 is 9.53 Å². The van der Waals surface area contributed by atoms with E-state index in [1.807, 2.05) is 47.6 Å². The highest BCUT2D eigenvalue weighted by Crippen LogP contribution is 2.29. The van der Waals surface area contributed by atoms with Crippen LogP contribution in [0.15, 0.2) is 67.3 Å². The number of nitrogens with zero attached hydrogens (tertiary/aromatic N) is 3. The Bertz CT molecular complexity index is 951. The minimum absolute atomic E-state index is 0.0888. The van der Waals surface area contributed by atoms with Crippen molar-refractivity contribution in [3.05, 3.63) is 78.4 Å². The molecule has 0 spiro atoms. The lowest BCUT2D eigenvalue weighted by Crippen LogP contribution is -2.37. The van der Waals surface area contributed by atoms with Gasteiger partial charge in [0.1, 0.15) is 5.75 Å². The highest BCUT2D eigenvalue weighted by molar-refractivity contribution is 5.95. The fourth-order valence-electron chi connectivity index (χ4n) is 3.75. The van der Waals surface area contributed by atoms with E-state index in [4.69, 9.17) is 4.74 Å². The number of aromatic nitrogens is 2. The minimum Gasteiger partial charge on any atom is -0.495 e. The summed E-state index contributed by atoms with van der Waals surface area (Å²) in [5, 5.41) is 0. The minimum atomic E-state index is 0.0888. The molecule has 5 nitrogen and oxygen atoms in total. The Hall–Kier alpha value is -3.21. The molecule has 4 rings (SSSR count). The summed E-state index contributed by atoms with van der Waals surface area (Å²) in [5.74, 6) is 1.29. The Labute approximate surface area is 165 Å². The molecule has 3 aromatic rings. The first-order valence-electron chi connectivity index (χ1n) is 9.53. The Morgan fingerprint density at radius 1 is 1.00 bits per heavy atom. The van der Waals surface area contributed by atoms with Crippen LogP contribution in [-0.4, -0.2) is 41.0 Å². The first-order chi connectivity index (χ1) is 13.7. The van der Waals surface area contributed by atoms with Crippen LogP contribution in [0.4, 0.5) is 0 Å². The molecule has 1 aliphatic heterocycles. The monoisotopic (exact) mass is 373 g/mol. The summed E-state index contributed by atoms with van der Waals surface area (Å²) in [6.45, 7) is 1.55. The molecule has 1 aromatic carbocycles. The van der Waals surface area contributed by atoms with Crippen molar-refractivity contribution in [2.75, 3.05) is 20.2 Å². The van der Waals surface area contributed by atoms with Crippen molar-refractivity contribution in [2.24, 2.45) is 0 Å². The molecule has 0 N–H and O–H groups in total. The summed E-state index contributed by atoms with van der Waals surface area (Å²) >= 11 is 0. The van der Waals surface area contributed by atoms with E-state index < -0.39 is 0 Å². The first-order valence-corrected chi connectivity index (χ1v) is 9.53. The average Bonchev–Trinajstić information content (AvgIpc) is 2.79. The molecular weight excluding hydrogens is 350 g/mol. The van der Waals surface area contributed by atoms with Crippen molar-refractivity contribution in [1.82, 2.24) is 14.9 Å². The molecule has 0 unspecified atom stereocenters. The topological polar surface area (TPSA) is 55.3 Å². The molecule has 0 aliphatic carbocycles. The number of rotatable bonds is 4. The molecule has 0 radical (unpaired) electrons. The molecule has 3 heterocycles. The summed E-state index contributed by atoms with van der Waals surface area (Å²) in [5.41, 5.74) is 3.92. The van der Waals surface area contributed by atoms with Gasteiger partial charge in [-0.2, -0.15) is 0 Å². The number of carbonyl (C=O) groups is 1. The lowest BCUT2D eigenvalue weighted by molar-refractivity contribution is 0.0713. The van der Waals surface area contributed by atoms with Gasteiger partial charge in [0, 0.05) is 42.8 Å². The van der Waals surface area contributed by atoms with E-state index in [2.05, 4.69) is 22.1 Å². The van der Waals surface area contributed by atoms with E-state index in [0.717, 1.165) is 37.1 Å². The maximum Gasteiger partial charge on any atom is 0.253 e. The third kappa shape index (κ3) is 3.88. The molecular formula is C23H23N3O2. The number of benzene rings is 1. The molecule has 0 saturated carbocycles. The quantitative estimate of drug-likeness (QED) is 0.689. The van der Waals surface area contributed by atoms with Gasteiger partial charge >= 0.3 is 0 Å². The number of hydrogen-bond acceptors (Lipinski definition) is 4. The second kappa shape index (κ2) is 8.21. The van der Waals surface area contributed by atoms with E-state index >= 15 is 0 Å². The maximum absolute atomic E-state index is 13.0. The lowest BCUT2D eigenvalue weighted by atomic mass is 9.90. The Morgan fingerprint density at radius 2 is 1.79 bits per heavy atom. The van der Waals surface area contributed by atoms with E-state index in [-0.39, 0.29) is 5.91 Å². The van der Waals surface area contributed by atoms with E-state index in [0.29, 0.717) is 17.2 Å². The zero-order valence-corrected chi connectivity index (χ0v) is 15.9. The number of likely N-dealkylation sites (tertiary alicyclic amines) is 1. The number of pyridine rings is 2. The normalized spacial score (nSPS) is 14.7. The van der Waals surface area contributed by atoms with Gasteiger partial charge in [-0.1, -0.05) is 12.1 Å². The second-order valence-corrected chi connectivity index (χ2v) is 7.04. The number of piperidine rings is 1. The molecule has 0 atom stereocenters. The van der Waals surface area contributed by atoms with Crippen LogP contribution < -0.4 is 4.74 Å². The molecule has 142 valence electrons. The molecule has 2 aromatic heterocycles. The highest BCUT2D eigenvalue weighted by atomic mass is 16.5. The second-order valence-electron chi connectivity index (χ2n) is 7.04. The standard InChI is InChI=1S/C23H23N3O2/c1-28-22-14-21(15-25-16-22)19-3-2-4-20(13-19)23(27)26-11-7-18(8-12-26)17-5-9-24-10-6-17/h2-6,9-10,13-16,18H,7-8,11-12H2,1H3. The van der Waals surface area contributed by atoms with Crippen molar-refractivity contribution in [2.45, 2.75) is 18.8 Å². The smallest absolute Gasteiger partial charge is 0.253 e. The van der Waals surface area contributed by atoms with Crippen LogP contribution in [0.2, 0.25) is 0 Å². The predicted molar refractivity (Wildman–Crippen MR) is 108 cm³/mol. The Morgan fingerprint density at radius 3 is 2.54 bits per heavy atom. The molecule has 1 saturated heterocycles. The van der Waals surface area contributed by atoms with Crippen LogP contribution in [0.3, 0.4) is 0 Å². The number of hydrogen-bond donors (Lipinski definition) is 0. The molecule has 1 fully saturated rings. The van der Waals surface area contributed by atoms with Gasteiger partial charge in [-0.05, 0) is 60.2 Å². The molecule has 1 amide bonds. The van der Waals surface area contributed by atoms with Gasteiger partial charge in [0.05, 0.1) is 13.3 Å². The van der Waals surface area contributed by atoms with Gasteiger partial charge < -0.3 is 9.64 Å². The first kappa shape index (κ1) is 18.2. The maximum atomic E-state index is 13.0. The molecule has 28 heavy (non-hydrogen) atoms. The van der Waals surface area contributed by atoms with Crippen molar-refractivity contribution in [3.63, 3.8) is 0 Å². The van der Waals surface area contributed by atoms with Gasteiger partial charge in [0.15, 0.2) is 0 Å². The van der Waals surface area contributed by atoms with Crippen LogP contribution in [0, 0.1) is 0 Å². The summed E-state index contributed by atoms with van der Waals surface area (Å²) in [4.78, 5) is 23.3. The zero-order chi connectivity index (χ0) is 19.3. The third-order valence-corrected chi connectivity index (χ3v) is 5.35. The molecule has 1 aliphatic rings. The number of ether oxygens (including phenoxy) is 1. The van der Waals surface area contributed by atoms with Crippen molar-refractivity contribution in [1.29, 1.82) is 0 Å². The Balaban J connectivity index is 1.47. The number of amides is 1. The Kier molecular flexibility index (Phi) is 5.33. The molecule has 0 bridgehead atoms. The van der Waals surface area contributed by atoms with E-state index in [1.54, 1.807) is 19.5 Å². The van der Waals surface area contributed by atoms with Crippen LogP contribution in [0.5, 0.6) is 5.75 Å². The van der Waals surface area contributed by atoms with Crippen LogP contribution in [0.1, 0.15) is 34.7 Å². The summed E-state index contributed by atoms with van der Waals surface area (Å²) in [7, 11) is 1.62. The van der Waals surface area contributed by atoms with Crippen LogP contribution >= 0.6 is 0 Å². The van der Waals surface area contributed by atoms with Crippen molar-refractivity contribution >= 4 is 5.91 Å². The fourth-order valence-corrected chi connectivity index (χ4v) is 3.75. The van der Waals surface area contributed by atoms with Gasteiger partial charge in [0.2, 0.25) is 0 Å². The third-order valence-electron chi connectivity index (χ3n) is 5.35. The highest BCUT2D eigenvalue weighted by Gasteiger charge is 2.24. The average molecular weight is 373 g/mol. The molecule has 5 heteroatoms. The summed E-state index contributed by atoms with van der Waals surface area (Å²) < 4.78 is 5.25. The predicted octanol–water partition coefficient (Wildman–Crippen LogP) is 4.17. The summed E-state index contributed by atoms with van der Waals surface area (Å²) in [6, 6.07) is 13.8.